The minimum Gasteiger partial charge on any atom is -0.462 e. The monoisotopic (exact) mass is 707 g/mol. The fraction of sp³-hybridized carbons (Fsp3) is 0.784. The molecule has 270 valence electrons. The topological polar surface area (TPSA) is 117 Å². The van der Waals surface area contributed by atoms with E-state index in [1.165, 1.54) is 24.2 Å². The van der Waals surface area contributed by atoms with Crippen LogP contribution < -0.4 is 5.32 Å². The molecule has 9 nitrogen and oxygen atoms in total. The van der Waals surface area contributed by atoms with E-state index in [-0.39, 0.29) is 66.8 Å². The highest BCUT2D eigenvalue weighted by Gasteiger charge is 2.42. The quantitative estimate of drug-likeness (QED) is 0.0691. The van der Waals surface area contributed by atoms with Gasteiger partial charge in [-0.15, -0.1) is 0 Å². The first-order chi connectivity index (χ1) is 23.1. The zero-order valence-corrected chi connectivity index (χ0v) is 31.0. The normalized spacial score (nSPS) is 30.4. The molecule has 1 amide bonds. The molecule has 0 bridgehead atoms. The van der Waals surface area contributed by atoms with Crippen LogP contribution in [0.2, 0.25) is 0 Å². The van der Waals surface area contributed by atoms with Crippen molar-refractivity contribution in [1.29, 1.82) is 0 Å². The summed E-state index contributed by atoms with van der Waals surface area (Å²) in [5.74, 6) is 1.63. The van der Waals surface area contributed by atoms with Crippen molar-refractivity contribution in [2.24, 2.45) is 29.6 Å². The molecule has 0 radical (unpaired) electrons. The number of unbranched alkanes of at least 4 members (excludes halogenated alkanes) is 2. The SMILES string of the molecule is CCC(C)C(=O)OC1CC(C)C=C2C=CC(C)C(CCC3CC(OC(=O)OCCCCNC(=O)CCCCC4CCSS4)CC(=O)O3)C21. The first-order valence-electron chi connectivity index (χ1n) is 18.3. The highest BCUT2D eigenvalue weighted by atomic mass is 33.1. The van der Waals surface area contributed by atoms with E-state index in [4.69, 9.17) is 18.9 Å². The van der Waals surface area contributed by atoms with Gasteiger partial charge in [0.15, 0.2) is 0 Å². The van der Waals surface area contributed by atoms with Crippen LogP contribution in [0.15, 0.2) is 23.8 Å². The summed E-state index contributed by atoms with van der Waals surface area (Å²) >= 11 is 0. The maximum Gasteiger partial charge on any atom is 0.508 e. The lowest BCUT2D eigenvalue weighted by molar-refractivity contribution is -0.163. The summed E-state index contributed by atoms with van der Waals surface area (Å²) < 4.78 is 22.6. The van der Waals surface area contributed by atoms with Crippen LogP contribution in [0.5, 0.6) is 0 Å². The van der Waals surface area contributed by atoms with Gasteiger partial charge in [0, 0.05) is 36.3 Å². The summed E-state index contributed by atoms with van der Waals surface area (Å²) in [5.41, 5.74) is 1.23. The van der Waals surface area contributed by atoms with Crippen molar-refractivity contribution in [3.63, 3.8) is 0 Å². The standard InChI is InChI=1S/C37H57NO8S2/c1-5-25(3)36(41)46-32-21-24(2)20-27-13-12-26(4)31(35(27)32)15-14-28-22-29(23-34(40)44-28)45-37(42)43-18-9-8-17-38-33(39)11-7-6-10-30-16-19-47-48-30/h12-13,20,24-26,28-32,35H,5-11,14-19,21-23H2,1-4H3,(H,38,39). The molecular weight excluding hydrogens is 651 g/mol. The molecule has 1 N–H and O–H groups in total. The number of nitrogens with one attached hydrogen (secondary N) is 1. The zero-order chi connectivity index (χ0) is 34.5. The van der Waals surface area contributed by atoms with Crippen LogP contribution in [0.4, 0.5) is 4.79 Å². The highest BCUT2D eigenvalue weighted by molar-refractivity contribution is 8.77. The summed E-state index contributed by atoms with van der Waals surface area (Å²) in [6.07, 6.45) is 14.6. The summed E-state index contributed by atoms with van der Waals surface area (Å²) in [6.45, 7) is 9.02. The predicted molar refractivity (Wildman–Crippen MR) is 190 cm³/mol. The van der Waals surface area contributed by atoms with Crippen molar-refractivity contribution in [3.8, 4) is 0 Å². The van der Waals surface area contributed by atoms with E-state index in [1.54, 1.807) is 0 Å². The third-order valence-corrected chi connectivity index (χ3v) is 13.2. The molecule has 2 aliphatic heterocycles. The van der Waals surface area contributed by atoms with E-state index >= 15 is 0 Å². The molecule has 2 fully saturated rings. The van der Waals surface area contributed by atoms with Crippen molar-refractivity contribution in [2.45, 2.75) is 135 Å². The molecule has 2 aliphatic carbocycles. The average Bonchev–Trinajstić information content (AvgIpc) is 3.57. The highest BCUT2D eigenvalue weighted by Crippen LogP contribution is 2.45. The molecule has 2 heterocycles. The third-order valence-electron chi connectivity index (χ3n) is 10.2. The number of carbonyl (C=O) groups excluding carboxylic acids is 4. The Morgan fingerprint density at radius 3 is 2.67 bits per heavy atom. The number of carbonyl (C=O) groups is 4. The Labute approximate surface area is 295 Å². The molecule has 11 heteroatoms. The summed E-state index contributed by atoms with van der Waals surface area (Å²) in [5, 5.41) is 3.70. The molecule has 9 unspecified atom stereocenters. The fourth-order valence-corrected chi connectivity index (χ4v) is 10.3. The van der Waals surface area contributed by atoms with Gasteiger partial charge in [0.05, 0.1) is 18.9 Å². The van der Waals surface area contributed by atoms with Crippen LogP contribution in [-0.2, 0) is 33.3 Å². The van der Waals surface area contributed by atoms with Gasteiger partial charge in [0.1, 0.15) is 18.3 Å². The van der Waals surface area contributed by atoms with Gasteiger partial charge in [-0.2, -0.15) is 0 Å². The number of cyclic esters (lactones) is 1. The Morgan fingerprint density at radius 2 is 1.90 bits per heavy atom. The smallest absolute Gasteiger partial charge is 0.462 e. The molecule has 9 atom stereocenters. The molecule has 0 aromatic heterocycles. The summed E-state index contributed by atoms with van der Waals surface area (Å²) in [4.78, 5) is 49.8. The van der Waals surface area contributed by atoms with Crippen molar-refractivity contribution in [3.05, 3.63) is 23.8 Å². The van der Waals surface area contributed by atoms with Crippen molar-refractivity contribution in [2.75, 3.05) is 18.9 Å². The van der Waals surface area contributed by atoms with E-state index in [0.717, 1.165) is 37.4 Å². The van der Waals surface area contributed by atoms with Gasteiger partial charge in [0.25, 0.3) is 0 Å². The Morgan fingerprint density at radius 1 is 1.06 bits per heavy atom. The molecular formula is C37H57NO8S2. The molecule has 48 heavy (non-hydrogen) atoms. The summed E-state index contributed by atoms with van der Waals surface area (Å²) in [7, 11) is 3.93. The van der Waals surface area contributed by atoms with Gasteiger partial charge < -0.3 is 24.3 Å². The van der Waals surface area contributed by atoms with Crippen LogP contribution in [0.3, 0.4) is 0 Å². The largest absolute Gasteiger partial charge is 0.508 e. The number of hydrogen-bond acceptors (Lipinski definition) is 10. The lowest BCUT2D eigenvalue weighted by Crippen LogP contribution is -2.42. The van der Waals surface area contributed by atoms with Crippen LogP contribution in [-0.4, -0.2) is 66.5 Å². The minimum absolute atomic E-state index is 0.0136. The third kappa shape index (κ3) is 12.3. The van der Waals surface area contributed by atoms with Crippen molar-refractivity contribution in [1.82, 2.24) is 5.32 Å². The number of amides is 1. The van der Waals surface area contributed by atoms with E-state index in [9.17, 15) is 19.2 Å². The van der Waals surface area contributed by atoms with Crippen molar-refractivity contribution < 1.29 is 38.1 Å². The number of esters is 2. The second-order valence-electron chi connectivity index (χ2n) is 14.2. The van der Waals surface area contributed by atoms with Gasteiger partial charge in [-0.3, -0.25) is 14.4 Å². The molecule has 0 aromatic rings. The molecule has 0 saturated carbocycles. The second kappa shape index (κ2) is 19.9. The van der Waals surface area contributed by atoms with Crippen LogP contribution >= 0.6 is 21.6 Å². The molecule has 4 aliphatic rings. The number of rotatable bonds is 17. The van der Waals surface area contributed by atoms with E-state index in [1.807, 2.05) is 35.4 Å². The maximum atomic E-state index is 12.8. The molecule has 0 spiro atoms. The molecule has 0 aromatic carbocycles. The first-order valence-corrected chi connectivity index (χ1v) is 20.7. The lowest BCUT2D eigenvalue weighted by Gasteiger charge is -2.43. The van der Waals surface area contributed by atoms with Crippen LogP contribution in [0.25, 0.3) is 0 Å². The second-order valence-corrected chi connectivity index (χ2v) is 17.0. The van der Waals surface area contributed by atoms with Gasteiger partial charge in [-0.25, -0.2) is 4.79 Å². The van der Waals surface area contributed by atoms with Gasteiger partial charge >= 0.3 is 18.1 Å². The van der Waals surface area contributed by atoms with Crippen LogP contribution in [0.1, 0.15) is 111 Å². The van der Waals surface area contributed by atoms with E-state index in [2.05, 4.69) is 37.4 Å². The number of ether oxygens (including phenoxy) is 4. The predicted octanol–water partition coefficient (Wildman–Crippen LogP) is 7.97. The van der Waals surface area contributed by atoms with Gasteiger partial charge in [-0.1, -0.05) is 73.9 Å². The number of hydrogen-bond donors (Lipinski definition) is 1. The first kappa shape index (κ1) is 38.7. The average molecular weight is 708 g/mol. The van der Waals surface area contributed by atoms with E-state index in [0.29, 0.717) is 44.6 Å². The number of fused-ring (bicyclic) bond motifs is 1. The molecule has 4 rings (SSSR count). The number of allylic oxidation sites excluding steroid dienone is 3. The van der Waals surface area contributed by atoms with Gasteiger partial charge in [-0.05, 0) is 81.1 Å². The Hall–Kier alpha value is -2.14. The Balaban J connectivity index is 1.14. The summed E-state index contributed by atoms with van der Waals surface area (Å²) in [6, 6.07) is 0. The fourth-order valence-electron chi connectivity index (χ4n) is 7.23. The minimum atomic E-state index is -0.778. The van der Waals surface area contributed by atoms with Crippen LogP contribution in [0, 0.1) is 29.6 Å². The van der Waals surface area contributed by atoms with Crippen molar-refractivity contribution >= 4 is 45.6 Å². The lowest BCUT2D eigenvalue weighted by atomic mass is 9.65. The zero-order valence-electron chi connectivity index (χ0n) is 29.3. The maximum absolute atomic E-state index is 12.8. The van der Waals surface area contributed by atoms with E-state index < -0.39 is 12.3 Å². The Kier molecular flexibility index (Phi) is 16.0. The van der Waals surface area contributed by atoms with Gasteiger partial charge in [0.2, 0.25) is 5.91 Å². The Bertz CT molecular complexity index is 1140. The molecule has 2 saturated heterocycles.